The van der Waals surface area contributed by atoms with Crippen molar-refractivity contribution in [2.75, 3.05) is 11.1 Å². The summed E-state index contributed by atoms with van der Waals surface area (Å²) < 4.78 is 0. The van der Waals surface area contributed by atoms with Crippen molar-refractivity contribution in [3.05, 3.63) is 53.2 Å². The van der Waals surface area contributed by atoms with Gasteiger partial charge in [0.2, 0.25) is 5.91 Å². The van der Waals surface area contributed by atoms with E-state index in [0.29, 0.717) is 16.5 Å². The van der Waals surface area contributed by atoms with E-state index in [0.717, 1.165) is 30.6 Å². The highest BCUT2D eigenvalue weighted by Crippen LogP contribution is 2.29. The summed E-state index contributed by atoms with van der Waals surface area (Å²) >= 11 is 1.33. The smallest absolute Gasteiger partial charge is 0.234 e. The van der Waals surface area contributed by atoms with Gasteiger partial charge in [0, 0.05) is 11.4 Å². The quantitative estimate of drug-likeness (QED) is 0.862. The maximum absolute atomic E-state index is 12.1. The molecule has 2 aromatic rings. The number of aryl methyl sites for hydroxylation is 1. The summed E-state index contributed by atoms with van der Waals surface area (Å²) in [6.45, 7) is 2.23. The van der Waals surface area contributed by atoms with Crippen LogP contribution in [0.1, 0.15) is 30.2 Å². The Kier molecular flexibility index (Phi) is 5.17. The number of carbonyl (C=O) groups is 1. The maximum Gasteiger partial charge on any atom is 0.234 e. The summed E-state index contributed by atoms with van der Waals surface area (Å²) in [5.41, 5.74) is 3.61. The molecule has 1 unspecified atom stereocenters. The highest BCUT2D eigenvalue weighted by Gasteiger charge is 2.19. The molecule has 1 atom stereocenters. The maximum atomic E-state index is 12.1. The number of fused-ring (bicyclic) bond motifs is 1. The summed E-state index contributed by atoms with van der Waals surface area (Å²) in [6, 6.07) is 13.5. The lowest BCUT2D eigenvalue weighted by Gasteiger charge is -2.21. The standard InChI is InChI=1S/C19H19N3OS/c1-13-7-8-17-14(9-13)10-15(11-20)19(22-17)24-12-18(23)21-16-5-3-2-4-6-16/h2-6,10,13H,7-9,12H2,1H3,(H,21,23). The first kappa shape index (κ1) is 16.5. The van der Waals surface area contributed by atoms with E-state index in [4.69, 9.17) is 0 Å². The van der Waals surface area contributed by atoms with Gasteiger partial charge in [0.1, 0.15) is 11.1 Å². The number of aromatic nitrogens is 1. The van der Waals surface area contributed by atoms with Gasteiger partial charge in [-0.05, 0) is 48.9 Å². The molecule has 3 rings (SSSR count). The zero-order valence-electron chi connectivity index (χ0n) is 13.6. The summed E-state index contributed by atoms with van der Waals surface area (Å²) in [5, 5.41) is 12.9. The van der Waals surface area contributed by atoms with Gasteiger partial charge in [0.15, 0.2) is 0 Å². The van der Waals surface area contributed by atoms with Crippen molar-refractivity contribution in [1.29, 1.82) is 5.26 Å². The second-order valence-corrected chi connectivity index (χ2v) is 7.07. The fourth-order valence-electron chi connectivity index (χ4n) is 2.87. The number of nitrogens with zero attached hydrogens (tertiary/aromatic N) is 2. The number of hydrogen-bond donors (Lipinski definition) is 1. The number of carbonyl (C=O) groups excluding carboxylic acids is 1. The third kappa shape index (κ3) is 3.95. The Bertz CT molecular complexity index is 783. The van der Waals surface area contributed by atoms with Gasteiger partial charge in [0.25, 0.3) is 0 Å². The van der Waals surface area contributed by atoms with Crippen LogP contribution in [0.4, 0.5) is 5.69 Å². The van der Waals surface area contributed by atoms with E-state index in [9.17, 15) is 10.1 Å². The van der Waals surface area contributed by atoms with Crippen molar-refractivity contribution >= 4 is 23.4 Å². The summed E-state index contributed by atoms with van der Waals surface area (Å²) in [7, 11) is 0. The molecule has 1 N–H and O–H groups in total. The Morgan fingerprint density at radius 1 is 1.42 bits per heavy atom. The molecule has 0 saturated heterocycles. The minimum Gasteiger partial charge on any atom is -0.325 e. The van der Waals surface area contributed by atoms with E-state index in [-0.39, 0.29) is 11.7 Å². The second kappa shape index (κ2) is 7.50. The molecular formula is C19H19N3OS. The molecule has 0 bridgehead atoms. The number of benzene rings is 1. The van der Waals surface area contributed by atoms with Crippen molar-refractivity contribution in [1.82, 2.24) is 4.98 Å². The van der Waals surface area contributed by atoms with E-state index in [1.165, 1.54) is 17.3 Å². The molecule has 0 fully saturated rings. The van der Waals surface area contributed by atoms with E-state index >= 15 is 0 Å². The minimum atomic E-state index is -0.0942. The molecule has 122 valence electrons. The molecule has 24 heavy (non-hydrogen) atoms. The molecule has 4 nitrogen and oxygen atoms in total. The number of nitriles is 1. The van der Waals surface area contributed by atoms with Crippen LogP contribution in [0.5, 0.6) is 0 Å². The van der Waals surface area contributed by atoms with Crippen LogP contribution in [-0.2, 0) is 17.6 Å². The van der Waals surface area contributed by atoms with Gasteiger partial charge < -0.3 is 5.32 Å². The van der Waals surface area contributed by atoms with Gasteiger partial charge in [0.05, 0.1) is 11.3 Å². The van der Waals surface area contributed by atoms with Gasteiger partial charge in [-0.15, -0.1) is 0 Å². The zero-order chi connectivity index (χ0) is 16.9. The Morgan fingerprint density at radius 2 is 2.21 bits per heavy atom. The van der Waals surface area contributed by atoms with Gasteiger partial charge >= 0.3 is 0 Å². The topological polar surface area (TPSA) is 65.8 Å². The van der Waals surface area contributed by atoms with Gasteiger partial charge in [-0.25, -0.2) is 4.98 Å². The van der Waals surface area contributed by atoms with Crippen molar-refractivity contribution in [3.63, 3.8) is 0 Å². The molecule has 0 saturated carbocycles. The first-order chi connectivity index (χ1) is 11.7. The van der Waals surface area contributed by atoms with E-state index < -0.39 is 0 Å². The predicted molar refractivity (Wildman–Crippen MR) is 95.9 cm³/mol. The molecule has 1 heterocycles. The minimum absolute atomic E-state index is 0.0942. The van der Waals surface area contributed by atoms with Gasteiger partial charge in [-0.2, -0.15) is 5.26 Å². The Hall–Kier alpha value is -2.32. The number of thioether (sulfide) groups is 1. The summed E-state index contributed by atoms with van der Waals surface area (Å²) in [4.78, 5) is 16.7. The van der Waals surface area contributed by atoms with Gasteiger partial charge in [-0.3, -0.25) is 4.79 Å². The van der Waals surface area contributed by atoms with Crippen LogP contribution >= 0.6 is 11.8 Å². The first-order valence-electron chi connectivity index (χ1n) is 8.06. The summed E-state index contributed by atoms with van der Waals surface area (Å²) in [5.74, 6) is 0.787. The highest BCUT2D eigenvalue weighted by atomic mass is 32.2. The van der Waals surface area contributed by atoms with E-state index in [1.807, 2.05) is 36.4 Å². The lowest BCUT2D eigenvalue weighted by atomic mass is 9.87. The number of nitrogens with one attached hydrogen (secondary N) is 1. The third-order valence-corrected chi connectivity index (χ3v) is 5.11. The van der Waals surface area contributed by atoms with Crippen molar-refractivity contribution < 1.29 is 4.79 Å². The Morgan fingerprint density at radius 3 is 2.96 bits per heavy atom. The summed E-state index contributed by atoms with van der Waals surface area (Å²) in [6.07, 6.45) is 3.06. The number of anilines is 1. The van der Waals surface area contributed by atoms with Crippen LogP contribution in [0.2, 0.25) is 0 Å². The Balaban J connectivity index is 1.69. The van der Waals surface area contributed by atoms with Crippen molar-refractivity contribution in [3.8, 4) is 6.07 Å². The molecule has 1 amide bonds. The first-order valence-corrected chi connectivity index (χ1v) is 9.05. The monoisotopic (exact) mass is 337 g/mol. The lowest BCUT2D eigenvalue weighted by Crippen LogP contribution is -2.16. The highest BCUT2D eigenvalue weighted by molar-refractivity contribution is 8.00. The van der Waals surface area contributed by atoms with Crippen molar-refractivity contribution in [2.24, 2.45) is 5.92 Å². The average Bonchev–Trinajstić information content (AvgIpc) is 2.60. The lowest BCUT2D eigenvalue weighted by molar-refractivity contribution is -0.113. The molecule has 1 aromatic heterocycles. The normalized spacial score (nSPS) is 16.1. The third-order valence-electron chi connectivity index (χ3n) is 4.12. The molecule has 0 radical (unpaired) electrons. The predicted octanol–water partition coefficient (Wildman–Crippen LogP) is 3.81. The molecule has 1 aromatic carbocycles. The zero-order valence-corrected chi connectivity index (χ0v) is 14.4. The molecule has 0 spiro atoms. The molecular weight excluding hydrogens is 318 g/mol. The second-order valence-electron chi connectivity index (χ2n) is 6.11. The van der Waals surface area contributed by atoms with Gasteiger partial charge in [-0.1, -0.05) is 36.9 Å². The number of pyridine rings is 1. The van der Waals surface area contributed by atoms with Crippen LogP contribution < -0.4 is 5.32 Å². The fraction of sp³-hybridized carbons (Fsp3) is 0.316. The number of para-hydroxylation sites is 1. The SMILES string of the molecule is CC1CCc2nc(SCC(=O)Nc3ccccc3)c(C#N)cc2C1. The van der Waals surface area contributed by atoms with Crippen LogP contribution in [0.3, 0.4) is 0 Å². The van der Waals surface area contributed by atoms with E-state index in [1.54, 1.807) is 0 Å². The van der Waals surface area contributed by atoms with Crippen molar-refractivity contribution in [2.45, 2.75) is 31.2 Å². The molecule has 1 aliphatic carbocycles. The van der Waals surface area contributed by atoms with Crippen LogP contribution in [0, 0.1) is 17.2 Å². The van der Waals surface area contributed by atoms with E-state index in [2.05, 4.69) is 23.3 Å². The molecule has 1 aliphatic rings. The van der Waals surface area contributed by atoms with Crippen LogP contribution in [-0.4, -0.2) is 16.6 Å². The average molecular weight is 337 g/mol. The largest absolute Gasteiger partial charge is 0.325 e. The van der Waals surface area contributed by atoms with Crippen LogP contribution in [0.15, 0.2) is 41.4 Å². The molecule has 0 aliphatic heterocycles. The van der Waals surface area contributed by atoms with Crippen LogP contribution in [0.25, 0.3) is 0 Å². The molecule has 5 heteroatoms. The number of amides is 1. The number of rotatable bonds is 4. The Labute approximate surface area is 146 Å². The fourth-order valence-corrected chi connectivity index (χ4v) is 3.65. The number of hydrogen-bond acceptors (Lipinski definition) is 4.